The topological polar surface area (TPSA) is 12.5 Å². The van der Waals surface area contributed by atoms with Gasteiger partial charge in [-0.15, -0.1) is 0 Å². The monoisotopic (exact) mass is 129 g/mol. The SMILES string of the molecule is CCC1CN(C)CCO1. The fourth-order valence-corrected chi connectivity index (χ4v) is 1.11. The van der Waals surface area contributed by atoms with Crippen LogP contribution in [0.3, 0.4) is 0 Å². The van der Waals surface area contributed by atoms with Crippen molar-refractivity contribution in [2.45, 2.75) is 19.4 Å². The summed E-state index contributed by atoms with van der Waals surface area (Å²) in [5.41, 5.74) is 0. The second-order valence-electron chi connectivity index (χ2n) is 2.66. The van der Waals surface area contributed by atoms with Crippen molar-refractivity contribution in [3.8, 4) is 0 Å². The zero-order chi connectivity index (χ0) is 6.69. The molecule has 1 unspecified atom stereocenters. The number of rotatable bonds is 1. The van der Waals surface area contributed by atoms with Gasteiger partial charge in [0.2, 0.25) is 0 Å². The average molecular weight is 129 g/mol. The van der Waals surface area contributed by atoms with Crippen molar-refractivity contribution >= 4 is 0 Å². The summed E-state index contributed by atoms with van der Waals surface area (Å²) in [4.78, 5) is 2.32. The number of ether oxygens (including phenoxy) is 1. The maximum Gasteiger partial charge on any atom is 0.0699 e. The van der Waals surface area contributed by atoms with E-state index in [2.05, 4.69) is 18.9 Å². The summed E-state index contributed by atoms with van der Waals surface area (Å²) in [6, 6.07) is 0. The van der Waals surface area contributed by atoms with Crippen LogP contribution in [0.2, 0.25) is 0 Å². The minimum atomic E-state index is 0.490. The summed E-state index contributed by atoms with van der Waals surface area (Å²) in [5, 5.41) is 0. The van der Waals surface area contributed by atoms with E-state index in [0.29, 0.717) is 6.10 Å². The predicted octanol–water partition coefficient (Wildman–Crippen LogP) is 0.727. The molecule has 1 atom stereocenters. The van der Waals surface area contributed by atoms with Crippen molar-refractivity contribution in [2.75, 3.05) is 26.7 Å². The van der Waals surface area contributed by atoms with Gasteiger partial charge in [0.15, 0.2) is 0 Å². The van der Waals surface area contributed by atoms with E-state index in [4.69, 9.17) is 4.74 Å². The van der Waals surface area contributed by atoms with Crippen LogP contribution in [0.4, 0.5) is 0 Å². The van der Waals surface area contributed by atoms with Crippen LogP contribution < -0.4 is 0 Å². The number of hydrogen-bond acceptors (Lipinski definition) is 2. The van der Waals surface area contributed by atoms with Gasteiger partial charge in [-0.3, -0.25) is 0 Å². The van der Waals surface area contributed by atoms with Gasteiger partial charge in [-0.25, -0.2) is 0 Å². The first-order valence-corrected chi connectivity index (χ1v) is 3.63. The summed E-state index contributed by atoms with van der Waals surface area (Å²) in [6.07, 6.45) is 1.63. The van der Waals surface area contributed by atoms with Gasteiger partial charge >= 0.3 is 0 Å². The first kappa shape index (κ1) is 7.03. The second-order valence-corrected chi connectivity index (χ2v) is 2.66. The van der Waals surface area contributed by atoms with E-state index in [1.165, 1.54) is 0 Å². The van der Waals surface area contributed by atoms with E-state index in [9.17, 15) is 0 Å². The minimum Gasteiger partial charge on any atom is -0.376 e. The Labute approximate surface area is 56.8 Å². The summed E-state index contributed by atoms with van der Waals surface area (Å²) >= 11 is 0. The van der Waals surface area contributed by atoms with Gasteiger partial charge in [0, 0.05) is 13.1 Å². The molecule has 0 N–H and O–H groups in total. The highest BCUT2D eigenvalue weighted by atomic mass is 16.5. The van der Waals surface area contributed by atoms with Crippen LogP contribution in [0.5, 0.6) is 0 Å². The summed E-state index contributed by atoms with van der Waals surface area (Å²) < 4.78 is 5.46. The summed E-state index contributed by atoms with van der Waals surface area (Å²) in [5.74, 6) is 0. The van der Waals surface area contributed by atoms with Crippen LogP contribution >= 0.6 is 0 Å². The predicted molar refractivity (Wildman–Crippen MR) is 37.5 cm³/mol. The molecule has 0 aromatic heterocycles. The summed E-state index contributed by atoms with van der Waals surface area (Å²) in [7, 11) is 2.14. The van der Waals surface area contributed by atoms with Gasteiger partial charge in [0.1, 0.15) is 0 Å². The standard InChI is InChI=1S/C7H15NO/c1-3-7-6-8(2)4-5-9-7/h7H,3-6H2,1-2H3. The fraction of sp³-hybridized carbons (Fsp3) is 1.00. The number of nitrogens with zero attached hydrogens (tertiary/aromatic N) is 1. The molecular formula is C7H15NO. The molecule has 1 fully saturated rings. The molecule has 0 aromatic carbocycles. The van der Waals surface area contributed by atoms with Gasteiger partial charge in [-0.05, 0) is 13.5 Å². The largest absolute Gasteiger partial charge is 0.376 e. The maximum atomic E-state index is 5.46. The van der Waals surface area contributed by atoms with Crippen molar-refractivity contribution in [3.63, 3.8) is 0 Å². The summed E-state index contributed by atoms with van der Waals surface area (Å²) in [6.45, 7) is 5.28. The third-order valence-electron chi connectivity index (χ3n) is 1.80. The Morgan fingerprint density at radius 3 is 2.89 bits per heavy atom. The van der Waals surface area contributed by atoms with Crippen molar-refractivity contribution in [3.05, 3.63) is 0 Å². The number of likely N-dealkylation sites (N-methyl/N-ethyl adjacent to an activating group) is 1. The van der Waals surface area contributed by atoms with E-state index in [1.807, 2.05) is 0 Å². The Balaban J connectivity index is 2.23. The van der Waals surface area contributed by atoms with Gasteiger partial charge in [-0.2, -0.15) is 0 Å². The van der Waals surface area contributed by atoms with Crippen LogP contribution in [0.1, 0.15) is 13.3 Å². The van der Waals surface area contributed by atoms with E-state index < -0.39 is 0 Å². The van der Waals surface area contributed by atoms with E-state index in [1.54, 1.807) is 0 Å². The van der Waals surface area contributed by atoms with E-state index in [-0.39, 0.29) is 0 Å². The zero-order valence-corrected chi connectivity index (χ0v) is 6.26. The lowest BCUT2D eigenvalue weighted by Gasteiger charge is -2.29. The van der Waals surface area contributed by atoms with Gasteiger partial charge < -0.3 is 9.64 Å². The van der Waals surface area contributed by atoms with E-state index >= 15 is 0 Å². The van der Waals surface area contributed by atoms with Crippen LogP contribution in [0, 0.1) is 0 Å². The number of morpholine rings is 1. The third-order valence-corrected chi connectivity index (χ3v) is 1.80. The van der Waals surface area contributed by atoms with Crippen molar-refractivity contribution in [1.82, 2.24) is 4.90 Å². The molecule has 0 radical (unpaired) electrons. The minimum absolute atomic E-state index is 0.490. The molecule has 0 aromatic rings. The Kier molecular flexibility index (Phi) is 2.49. The molecule has 0 aliphatic carbocycles. The van der Waals surface area contributed by atoms with E-state index in [0.717, 1.165) is 26.1 Å². The van der Waals surface area contributed by atoms with Crippen molar-refractivity contribution < 1.29 is 4.74 Å². The van der Waals surface area contributed by atoms with Gasteiger partial charge in [0.25, 0.3) is 0 Å². The molecular weight excluding hydrogens is 114 g/mol. The van der Waals surface area contributed by atoms with Crippen LogP contribution in [0.25, 0.3) is 0 Å². The van der Waals surface area contributed by atoms with Crippen molar-refractivity contribution in [1.29, 1.82) is 0 Å². The van der Waals surface area contributed by atoms with Gasteiger partial charge in [-0.1, -0.05) is 6.92 Å². The lowest BCUT2D eigenvalue weighted by Crippen LogP contribution is -2.39. The maximum absolute atomic E-state index is 5.46. The Morgan fingerprint density at radius 1 is 1.67 bits per heavy atom. The second kappa shape index (κ2) is 3.18. The normalized spacial score (nSPS) is 30.7. The van der Waals surface area contributed by atoms with Crippen molar-refractivity contribution in [2.24, 2.45) is 0 Å². The molecule has 54 valence electrons. The smallest absolute Gasteiger partial charge is 0.0699 e. The zero-order valence-electron chi connectivity index (χ0n) is 6.26. The first-order chi connectivity index (χ1) is 4.33. The molecule has 0 amide bonds. The molecule has 1 aliphatic rings. The van der Waals surface area contributed by atoms with Gasteiger partial charge in [0.05, 0.1) is 12.7 Å². The molecule has 1 rings (SSSR count). The molecule has 1 saturated heterocycles. The molecule has 0 bridgehead atoms. The average Bonchev–Trinajstić information content (AvgIpc) is 1.88. The molecule has 2 nitrogen and oxygen atoms in total. The fourth-order valence-electron chi connectivity index (χ4n) is 1.11. The Hall–Kier alpha value is -0.0800. The molecule has 2 heteroatoms. The molecule has 0 spiro atoms. The first-order valence-electron chi connectivity index (χ1n) is 3.63. The highest BCUT2D eigenvalue weighted by Gasteiger charge is 2.14. The highest BCUT2D eigenvalue weighted by Crippen LogP contribution is 2.04. The Bertz CT molecular complexity index is 85.0. The Morgan fingerprint density at radius 2 is 2.44 bits per heavy atom. The number of hydrogen-bond donors (Lipinski definition) is 0. The quantitative estimate of drug-likeness (QED) is 0.517. The van der Waals surface area contributed by atoms with Crippen LogP contribution in [-0.4, -0.2) is 37.7 Å². The highest BCUT2D eigenvalue weighted by molar-refractivity contribution is 4.66. The lowest BCUT2D eigenvalue weighted by atomic mass is 10.2. The van der Waals surface area contributed by atoms with Crippen LogP contribution in [-0.2, 0) is 4.74 Å². The molecule has 0 saturated carbocycles. The third kappa shape index (κ3) is 1.95. The lowest BCUT2D eigenvalue weighted by molar-refractivity contribution is -0.0206. The molecule has 9 heavy (non-hydrogen) atoms. The molecule has 1 heterocycles. The molecule has 1 aliphatic heterocycles. The van der Waals surface area contributed by atoms with Crippen LogP contribution in [0.15, 0.2) is 0 Å².